The van der Waals surface area contributed by atoms with E-state index in [4.69, 9.17) is 0 Å². The van der Waals surface area contributed by atoms with E-state index < -0.39 is 0 Å². The van der Waals surface area contributed by atoms with Crippen molar-refractivity contribution in [3.63, 3.8) is 0 Å². The number of anilines is 2. The Morgan fingerprint density at radius 2 is 1.09 bits per heavy atom. The molecule has 23 heavy (non-hydrogen) atoms. The van der Waals surface area contributed by atoms with Crippen LogP contribution in [-0.4, -0.2) is 26.2 Å². The second kappa shape index (κ2) is 10.7. The van der Waals surface area contributed by atoms with Gasteiger partial charge in [0.2, 0.25) is 0 Å². The SMILES string of the molecule is CCN(CC)c1cccc(C)c1.CCN(CC)c1ccccc1. The van der Waals surface area contributed by atoms with Crippen LogP contribution in [-0.2, 0) is 0 Å². The molecule has 2 aromatic rings. The number of benzene rings is 2. The molecule has 0 spiro atoms. The zero-order valence-electron chi connectivity index (χ0n) is 15.4. The summed E-state index contributed by atoms with van der Waals surface area (Å²) in [5.41, 5.74) is 3.98. The summed E-state index contributed by atoms with van der Waals surface area (Å²) in [4.78, 5) is 4.69. The van der Waals surface area contributed by atoms with Crippen molar-refractivity contribution in [2.75, 3.05) is 36.0 Å². The molecule has 126 valence electrons. The Kier molecular flexibility index (Phi) is 8.89. The highest BCUT2D eigenvalue weighted by Crippen LogP contribution is 2.14. The Bertz CT molecular complexity index is 529. The molecule has 0 bridgehead atoms. The van der Waals surface area contributed by atoms with E-state index in [9.17, 15) is 0 Å². The second-order valence-corrected chi connectivity index (χ2v) is 5.52. The van der Waals surface area contributed by atoms with Crippen molar-refractivity contribution in [2.24, 2.45) is 0 Å². The number of hydrogen-bond acceptors (Lipinski definition) is 2. The quantitative estimate of drug-likeness (QED) is 0.707. The van der Waals surface area contributed by atoms with Crippen LogP contribution in [0.3, 0.4) is 0 Å². The molecule has 0 saturated heterocycles. The molecule has 2 aromatic carbocycles. The van der Waals surface area contributed by atoms with Crippen molar-refractivity contribution in [3.05, 3.63) is 60.2 Å². The van der Waals surface area contributed by atoms with Gasteiger partial charge in [-0.05, 0) is 64.4 Å². The molecule has 0 fully saturated rings. The first-order valence-corrected chi connectivity index (χ1v) is 8.77. The first-order chi connectivity index (χ1) is 11.2. The molecule has 0 aliphatic carbocycles. The monoisotopic (exact) mass is 312 g/mol. The van der Waals surface area contributed by atoms with E-state index in [1.165, 1.54) is 16.9 Å². The molecule has 0 unspecified atom stereocenters. The number of aryl methyl sites for hydroxylation is 1. The maximum absolute atomic E-state index is 2.35. The van der Waals surface area contributed by atoms with Crippen LogP contribution in [0.25, 0.3) is 0 Å². The molecule has 0 saturated carbocycles. The molecule has 2 nitrogen and oxygen atoms in total. The van der Waals surface area contributed by atoms with Gasteiger partial charge in [-0.1, -0.05) is 30.3 Å². The normalized spacial score (nSPS) is 9.78. The molecule has 0 heterocycles. The lowest BCUT2D eigenvalue weighted by Crippen LogP contribution is -2.21. The topological polar surface area (TPSA) is 6.48 Å². The first kappa shape index (κ1) is 19.1. The lowest BCUT2D eigenvalue weighted by molar-refractivity contribution is 0.865. The predicted octanol–water partition coefficient (Wildman–Crippen LogP) is 5.37. The van der Waals surface area contributed by atoms with Gasteiger partial charge >= 0.3 is 0 Å². The molecule has 0 amide bonds. The minimum absolute atomic E-state index is 1.08. The average molecular weight is 313 g/mol. The van der Waals surface area contributed by atoms with Crippen molar-refractivity contribution in [1.82, 2.24) is 0 Å². The van der Waals surface area contributed by atoms with Crippen LogP contribution in [0.1, 0.15) is 33.3 Å². The van der Waals surface area contributed by atoms with Gasteiger partial charge in [0.1, 0.15) is 0 Å². The standard InChI is InChI=1S/C11H17N.C10H15N/c1-4-12(5-2)11-8-6-7-10(3)9-11;1-3-11(4-2)10-8-6-5-7-9-10/h6-9H,4-5H2,1-3H3;5-9H,3-4H2,1-2H3. The van der Waals surface area contributed by atoms with Gasteiger partial charge in [-0.2, -0.15) is 0 Å². The third kappa shape index (κ3) is 6.35. The second-order valence-electron chi connectivity index (χ2n) is 5.52. The summed E-state index contributed by atoms with van der Waals surface area (Å²) in [6.45, 7) is 15.2. The fraction of sp³-hybridized carbons (Fsp3) is 0.429. The van der Waals surface area contributed by atoms with Crippen LogP contribution in [0.5, 0.6) is 0 Å². The van der Waals surface area contributed by atoms with Gasteiger partial charge in [-0.3, -0.25) is 0 Å². The maximum atomic E-state index is 2.35. The molecular formula is C21H32N2. The average Bonchev–Trinajstić information content (AvgIpc) is 2.59. The molecule has 2 heteroatoms. The van der Waals surface area contributed by atoms with Gasteiger partial charge < -0.3 is 9.80 Å². The first-order valence-electron chi connectivity index (χ1n) is 8.77. The highest BCUT2D eigenvalue weighted by Gasteiger charge is 1.99. The van der Waals surface area contributed by atoms with Crippen LogP contribution in [0.2, 0.25) is 0 Å². The minimum Gasteiger partial charge on any atom is -0.372 e. The minimum atomic E-state index is 1.08. The summed E-state index contributed by atoms with van der Waals surface area (Å²) < 4.78 is 0. The Morgan fingerprint density at radius 1 is 0.609 bits per heavy atom. The fourth-order valence-electron chi connectivity index (χ4n) is 2.64. The Hall–Kier alpha value is -1.96. The molecule has 0 aliphatic heterocycles. The summed E-state index contributed by atoms with van der Waals surface area (Å²) >= 11 is 0. The Morgan fingerprint density at radius 3 is 1.57 bits per heavy atom. The van der Waals surface area contributed by atoms with Gasteiger partial charge in [-0.25, -0.2) is 0 Å². The van der Waals surface area contributed by atoms with Crippen LogP contribution >= 0.6 is 0 Å². The number of para-hydroxylation sites is 1. The summed E-state index contributed by atoms with van der Waals surface area (Å²) in [6.07, 6.45) is 0. The van der Waals surface area contributed by atoms with Gasteiger partial charge in [0.15, 0.2) is 0 Å². The van der Waals surface area contributed by atoms with E-state index >= 15 is 0 Å². The van der Waals surface area contributed by atoms with Crippen molar-refractivity contribution in [2.45, 2.75) is 34.6 Å². The largest absolute Gasteiger partial charge is 0.372 e. The number of hydrogen-bond donors (Lipinski definition) is 0. The zero-order valence-corrected chi connectivity index (χ0v) is 15.4. The molecule has 0 aliphatic rings. The lowest BCUT2D eigenvalue weighted by Gasteiger charge is -2.21. The number of rotatable bonds is 6. The van der Waals surface area contributed by atoms with Crippen LogP contribution in [0.4, 0.5) is 11.4 Å². The zero-order chi connectivity index (χ0) is 17.1. The summed E-state index contributed by atoms with van der Waals surface area (Å²) in [6, 6.07) is 19.1. The van der Waals surface area contributed by atoms with Gasteiger partial charge in [0.25, 0.3) is 0 Å². The van der Waals surface area contributed by atoms with Gasteiger partial charge in [0, 0.05) is 37.6 Å². The Labute approximate surface area is 142 Å². The highest BCUT2D eigenvalue weighted by atomic mass is 15.1. The van der Waals surface area contributed by atoms with Crippen molar-refractivity contribution < 1.29 is 0 Å². The third-order valence-corrected chi connectivity index (χ3v) is 4.02. The smallest absolute Gasteiger partial charge is 0.0368 e. The van der Waals surface area contributed by atoms with E-state index in [1.54, 1.807) is 0 Å². The molecule has 0 aromatic heterocycles. The fourth-order valence-corrected chi connectivity index (χ4v) is 2.64. The Balaban J connectivity index is 0.000000231. The summed E-state index contributed by atoms with van der Waals surface area (Å²) in [7, 11) is 0. The summed E-state index contributed by atoms with van der Waals surface area (Å²) in [5.74, 6) is 0. The van der Waals surface area contributed by atoms with Crippen molar-refractivity contribution in [3.8, 4) is 0 Å². The van der Waals surface area contributed by atoms with Crippen LogP contribution in [0.15, 0.2) is 54.6 Å². The van der Waals surface area contributed by atoms with E-state index in [-0.39, 0.29) is 0 Å². The van der Waals surface area contributed by atoms with Crippen LogP contribution < -0.4 is 9.80 Å². The molecular weight excluding hydrogens is 280 g/mol. The molecule has 2 rings (SSSR count). The van der Waals surface area contributed by atoms with Crippen molar-refractivity contribution in [1.29, 1.82) is 0 Å². The molecule has 0 N–H and O–H groups in total. The lowest BCUT2D eigenvalue weighted by atomic mass is 10.2. The number of nitrogens with zero attached hydrogens (tertiary/aromatic N) is 2. The van der Waals surface area contributed by atoms with Crippen molar-refractivity contribution >= 4 is 11.4 Å². The molecule has 0 radical (unpaired) electrons. The van der Waals surface area contributed by atoms with Gasteiger partial charge in [-0.15, -0.1) is 0 Å². The van der Waals surface area contributed by atoms with Gasteiger partial charge in [0.05, 0.1) is 0 Å². The highest BCUT2D eigenvalue weighted by molar-refractivity contribution is 5.48. The summed E-state index contributed by atoms with van der Waals surface area (Å²) in [5, 5.41) is 0. The van der Waals surface area contributed by atoms with E-state index in [0.717, 1.165) is 26.2 Å². The third-order valence-electron chi connectivity index (χ3n) is 4.02. The molecule has 0 atom stereocenters. The van der Waals surface area contributed by atoms with E-state index in [1.807, 2.05) is 6.07 Å². The van der Waals surface area contributed by atoms with E-state index in [2.05, 4.69) is 92.9 Å². The maximum Gasteiger partial charge on any atom is 0.0368 e. The van der Waals surface area contributed by atoms with E-state index in [0.29, 0.717) is 0 Å². The predicted molar refractivity (Wildman–Crippen MR) is 105 cm³/mol. The van der Waals surface area contributed by atoms with Crippen LogP contribution in [0, 0.1) is 6.92 Å².